The van der Waals surface area contributed by atoms with Crippen molar-refractivity contribution in [2.45, 2.75) is 0 Å². The van der Waals surface area contributed by atoms with Gasteiger partial charge in [-0.05, 0) is 0 Å². The zero-order valence-electron chi connectivity index (χ0n) is 6.05. The summed E-state index contributed by atoms with van der Waals surface area (Å²) in [6, 6.07) is 0. The van der Waals surface area contributed by atoms with Gasteiger partial charge in [0.25, 0.3) is 0 Å². The summed E-state index contributed by atoms with van der Waals surface area (Å²) in [5.74, 6) is 0.766. The normalized spacial score (nSPS) is 10.3. The van der Waals surface area contributed by atoms with Gasteiger partial charge in [-0.15, -0.1) is 0 Å². The second-order valence-corrected chi connectivity index (χ2v) is 2.18. The van der Waals surface area contributed by atoms with Gasteiger partial charge in [0.1, 0.15) is 12.7 Å². The van der Waals surface area contributed by atoms with E-state index in [1.54, 1.807) is 17.2 Å². The molecule has 2 heterocycles. The van der Waals surface area contributed by atoms with Crippen LogP contribution < -0.4 is 0 Å². The van der Waals surface area contributed by atoms with E-state index in [4.69, 9.17) is 0 Å². The second kappa shape index (κ2) is 2.19. The topological polar surface area (TPSA) is 48.5 Å². The average molecular weight is 149 g/mol. The molecule has 0 unspecified atom stereocenters. The van der Waals surface area contributed by atoms with Crippen molar-refractivity contribution >= 4 is 0 Å². The van der Waals surface area contributed by atoms with Crippen LogP contribution in [0, 0.1) is 0 Å². The monoisotopic (exact) mass is 149 g/mol. The summed E-state index contributed by atoms with van der Waals surface area (Å²) in [5.41, 5.74) is 0. The predicted octanol–water partition coefficient (Wildman–Crippen LogP) is 0.000800. The maximum atomic E-state index is 4.08. The van der Waals surface area contributed by atoms with E-state index >= 15 is 0 Å². The van der Waals surface area contributed by atoms with Crippen LogP contribution >= 0.6 is 0 Å². The number of nitrogens with zero attached hydrogens (tertiary/aromatic N) is 5. The summed E-state index contributed by atoms with van der Waals surface area (Å²) in [7, 11) is 1.91. The first-order chi connectivity index (χ1) is 5.38. The molecule has 0 radical (unpaired) electrons. The molecular weight excluding hydrogens is 142 g/mol. The van der Waals surface area contributed by atoms with Crippen LogP contribution in [-0.4, -0.2) is 24.3 Å². The Bertz CT molecular complexity index is 333. The van der Waals surface area contributed by atoms with Gasteiger partial charge in [0.05, 0.1) is 0 Å². The summed E-state index contributed by atoms with van der Waals surface area (Å²) in [4.78, 5) is 7.90. The summed E-state index contributed by atoms with van der Waals surface area (Å²) in [6.07, 6.45) is 6.67. The lowest BCUT2D eigenvalue weighted by Gasteiger charge is -1.97. The van der Waals surface area contributed by atoms with Crippen LogP contribution in [0.4, 0.5) is 0 Å². The molecule has 2 aromatic rings. The Morgan fingerprint density at radius 1 is 1.45 bits per heavy atom. The highest BCUT2D eigenvalue weighted by Crippen LogP contribution is 1.98. The van der Waals surface area contributed by atoms with E-state index in [1.807, 2.05) is 17.8 Å². The molecule has 2 rings (SSSR count). The lowest BCUT2D eigenvalue weighted by molar-refractivity contribution is 0.748. The molecule has 0 bridgehead atoms. The molecule has 0 aliphatic rings. The first-order valence-corrected chi connectivity index (χ1v) is 3.20. The lowest BCUT2D eigenvalue weighted by Crippen LogP contribution is -2.02. The summed E-state index contributed by atoms with van der Waals surface area (Å²) >= 11 is 0. The Balaban J connectivity index is 2.53. The van der Waals surface area contributed by atoms with Crippen LogP contribution in [0.1, 0.15) is 0 Å². The molecule has 5 heteroatoms. The molecule has 56 valence electrons. The van der Waals surface area contributed by atoms with Gasteiger partial charge in [-0.1, -0.05) is 0 Å². The Morgan fingerprint density at radius 3 is 2.91 bits per heavy atom. The standard InChI is InChI=1S/C6H7N5/c1-10-3-2-8-6(10)11-5-7-4-9-11/h2-5H,1H3. The van der Waals surface area contributed by atoms with Crippen LogP contribution in [-0.2, 0) is 7.05 Å². The van der Waals surface area contributed by atoms with Crippen LogP contribution in [0.15, 0.2) is 25.0 Å². The number of imidazole rings is 1. The zero-order chi connectivity index (χ0) is 7.68. The summed E-state index contributed by atoms with van der Waals surface area (Å²) < 4.78 is 3.48. The van der Waals surface area contributed by atoms with Crippen molar-refractivity contribution in [2.75, 3.05) is 0 Å². The Morgan fingerprint density at radius 2 is 2.36 bits per heavy atom. The molecule has 2 aromatic heterocycles. The lowest BCUT2D eigenvalue weighted by atomic mass is 10.9. The van der Waals surface area contributed by atoms with Crippen LogP contribution in [0.2, 0.25) is 0 Å². The van der Waals surface area contributed by atoms with Crippen molar-refractivity contribution in [3.05, 3.63) is 25.0 Å². The van der Waals surface area contributed by atoms with Crippen LogP contribution in [0.25, 0.3) is 5.95 Å². The van der Waals surface area contributed by atoms with Crippen molar-refractivity contribution in [2.24, 2.45) is 7.05 Å². The minimum absolute atomic E-state index is 0.766. The largest absolute Gasteiger partial charge is 0.319 e. The molecular formula is C6H7N5. The quantitative estimate of drug-likeness (QED) is 0.573. The molecule has 0 amide bonds. The van der Waals surface area contributed by atoms with E-state index in [9.17, 15) is 0 Å². The highest BCUT2D eigenvalue weighted by atomic mass is 15.4. The van der Waals surface area contributed by atoms with Gasteiger partial charge >= 0.3 is 0 Å². The number of hydrogen-bond acceptors (Lipinski definition) is 3. The van der Waals surface area contributed by atoms with Crippen molar-refractivity contribution < 1.29 is 0 Å². The SMILES string of the molecule is Cn1ccnc1-n1cncn1. The van der Waals surface area contributed by atoms with E-state index in [-0.39, 0.29) is 0 Å². The van der Waals surface area contributed by atoms with E-state index in [2.05, 4.69) is 15.1 Å². The van der Waals surface area contributed by atoms with E-state index < -0.39 is 0 Å². The molecule has 0 spiro atoms. The fourth-order valence-electron chi connectivity index (χ4n) is 0.890. The maximum absolute atomic E-state index is 4.08. The zero-order valence-corrected chi connectivity index (χ0v) is 6.05. The van der Waals surface area contributed by atoms with Gasteiger partial charge in [-0.3, -0.25) is 0 Å². The van der Waals surface area contributed by atoms with Crippen molar-refractivity contribution in [1.82, 2.24) is 24.3 Å². The first-order valence-electron chi connectivity index (χ1n) is 3.20. The second-order valence-electron chi connectivity index (χ2n) is 2.18. The van der Waals surface area contributed by atoms with E-state index in [0.29, 0.717) is 0 Å². The van der Waals surface area contributed by atoms with E-state index in [1.165, 1.54) is 6.33 Å². The number of aryl methyl sites for hydroxylation is 1. The number of aromatic nitrogens is 5. The Kier molecular flexibility index (Phi) is 1.21. The van der Waals surface area contributed by atoms with Crippen molar-refractivity contribution in [3.63, 3.8) is 0 Å². The van der Waals surface area contributed by atoms with Gasteiger partial charge < -0.3 is 4.57 Å². The minimum atomic E-state index is 0.766. The van der Waals surface area contributed by atoms with E-state index in [0.717, 1.165) is 5.95 Å². The van der Waals surface area contributed by atoms with Gasteiger partial charge in [-0.25, -0.2) is 9.97 Å². The summed E-state index contributed by atoms with van der Waals surface area (Å²) in [5, 5.41) is 3.94. The highest BCUT2D eigenvalue weighted by molar-refractivity contribution is 5.08. The molecule has 0 saturated carbocycles. The smallest absolute Gasteiger partial charge is 0.231 e. The molecule has 0 fully saturated rings. The van der Waals surface area contributed by atoms with Crippen LogP contribution in [0.3, 0.4) is 0 Å². The third-order valence-electron chi connectivity index (χ3n) is 1.42. The molecule has 11 heavy (non-hydrogen) atoms. The fourth-order valence-corrected chi connectivity index (χ4v) is 0.890. The minimum Gasteiger partial charge on any atom is -0.319 e. The highest BCUT2D eigenvalue weighted by Gasteiger charge is 1.99. The van der Waals surface area contributed by atoms with Crippen molar-refractivity contribution in [3.8, 4) is 5.95 Å². The molecule has 0 atom stereocenters. The van der Waals surface area contributed by atoms with Gasteiger partial charge in [0.2, 0.25) is 5.95 Å². The summed E-state index contributed by atoms with van der Waals surface area (Å²) in [6.45, 7) is 0. The fraction of sp³-hybridized carbons (Fsp3) is 0.167. The molecule has 0 aliphatic heterocycles. The van der Waals surface area contributed by atoms with Gasteiger partial charge in [0, 0.05) is 19.4 Å². The van der Waals surface area contributed by atoms with Crippen molar-refractivity contribution in [1.29, 1.82) is 0 Å². The molecule has 5 nitrogen and oxygen atoms in total. The average Bonchev–Trinajstić information content (AvgIpc) is 2.55. The number of hydrogen-bond donors (Lipinski definition) is 0. The Labute approximate surface area is 63.3 Å². The van der Waals surface area contributed by atoms with Gasteiger partial charge in [0.15, 0.2) is 0 Å². The third kappa shape index (κ3) is 0.899. The molecule has 0 aliphatic carbocycles. The molecule has 0 saturated heterocycles. The third-order valence-corrected chi connectivity index (χ3v) is 1.42. The predicted molar refractivity (Wildman–Crippen MR) is 38.1 cm³/mol. The number of rotatable bonds is 1. The first kappa shape index (κ1) is 6.09. The Hall–Kier alpha value is -1.65. The maximum Gasteiger partial charge on any atom is 0.231 e. The van der Waals surface area contributed by atoms with Crippen LogP contribution in [0.5, 0.6) is 0 Å². The molecule has 0 N–H and O–H groups in total. The molecule has 0 aromatic carbocycles. The van der Waals surface area contributed by atoms with Gasteiger partial charge in [-0.2, -0.15) is 9.78 Å².